The van der Waals surface area contributed by atoms with E-state index in [2.05, 4.69) is 35.3 Å². The van der Waals surface area contributed by atoms with Crippen LogP contribution in [0.5, 0.6) is 0 Å². The van der Waals surface area contributed by atoms with Gasteiger partial charge in [0.1, 0.15) is 18.1 Å². The van der Waals surface area contributed by atoms with Gasteiger partial charge in [0.15, 0.2) is 0 Å². The average Bonchev–Trinajstić information content (AvgIpc) is 3.76. The number of fused-ring (bicyclic) bond motifs is 1. The molecule has 50 heavy (non-hydrogen) atoms. The van der Waals surface area contributed by atoms with Crippen LogP contribution >= 0.6 is 11.6 Å². The minimum Gasteiger partial charge on any atom is -0.477 e. The lowest BCUT2D eigenvalue weighted by molar-refractivity contribution is -0.149. The number of hydrogen-bond donors (Lipinski definition) is 5. The second-order valence-electron chi connectivity index (χ2n) is 11.1. The van der Waals surface area contributed by atoms with Crippen LogP contribution in [0.25, 0.3) is 16.6 Å². The molecule has 3 amide bonds. The predicted octanol–water partition coefficient (Wildman–Crippen LogP) is 2.19. The van der Waals surface area contributed by atoms with Gasteiger partial charge in [0.2, 0.25) is 5.91 Å². The molecule has 258 valence electrons. The quantitative estimate of drug-likeness (QED) is 0.118. The van der Waals surface area contributed by atoms with E-state index in [1.54, 1.807) is 49.4 Å². The number of hydrogen-bond acceptors (Lipinski definition) is 9. The van der Waals surface area contributed by atoms with E-state index in [1.807, 2.05) is 0 Å². The molecule has 1 atom stereocenters. The number of carboxylic acids is 1. The lowest BCUT2D eigenvalue weighted by Crippen LogP contribution is -2.60. The fourth-order valence-corrected chi connectivity index (χ4v) is 6.63. The molecule has 17 nitrogen and oxygen atoms in total. The van der Waals surface area contributed by atoms with Crippen molar-refractivity contribution in [3.8, 4) is 5.69 Å². The number of piperazine rings is 1. The zero-order valence-electron chi connectivity index (χ0n) is 26.2. The number of H-pyrrole nitrogens is 1. The lowest BCUT2D eigenvalue weighted by atomic mass is 10.0. The van der Waals surface area contributed by atoms with Gasteiger partial charge < -0.3 is 25.2 Å². The van der Waals surface area contributed by atoms with E-state index in [4.69, 9.17) is 11.6 Å². The Morgan fingerprint density at radius 3 is 2.44 bits per heavy atom. The van der Waals surface area contributed by atoms with Crippen molar-refractivity contribution in [2.75, 3.05) is 34.6 Å². The van der Waals surface area contributed by atoms with Crippen LogP contribution < -0.4 is 19.7 Å². The van der Waals surface area contributed by atoms with E-state index in [1.165, 1.54) is 45.1 Å². The first kappa shape index (κ1) is 34.0. The summed E-state index contributed by atoms with van der Waals surface area (Å²) in [5.74, 6) is -3.60. The summed E-state index contributed by atoms with van der Waals surface area (Å²) < 4.78 is 30.4. The number of nitrogens with one attached hydrogen (secondary N) is 4. The van der Waals surface area contributed by atoms with Crippen LogP contribution in [0.15, 0.2) is 73.1 Å². The Kier molecular flexibility index (Phi) is 9.49. The summed E-state index contributed by atoms with van der Waals surface area (Å²) in [4.78, 5) is 58.2. The maximum atomic E-state index is 14.0. The SMILES string of the molecule is CCNS(=O)(=O)Nc1ccc(C[C@@H](C(=O)Nc2ccc3[nH]c(C(=O)O)cc3c2)N2CCN(c3cc(Cl)ccc3-n3cnnn3)C(=O)C2=O)cc1. The van der Waals surface area contributed by atoms with Crippen LogP contribution in [0.2, 0.25) is 5.02 Å². The van der Waals surface area contributed by atoms with Gasteiger partial charge in [0.05, 0.1) is 11.4 Å². The second kappa shape index (κ2) is 13.9. The minimum absolute atomic E-state index is 0.00222. The molecule has 6 rings (SSSR count). The molecule has 0 unspecified atom stereocenters. The van der Waals surface area contributed by atoms with Gasteiger partial charge in [-0.25, -0.2) is 4.79 Å². The van der Waals surface area contributed by atoms with Crippen molar-refractivity contribution in [2.24, 2.45) is 0 Å². The van der Waals surface area contributed by atoms with E-state index >= 15 is 0 Å². The molecule has 1 fully saturated rings. The first-order valence-electron chi connectivity index (χ1n) is 15.1. The molecule has 3 heterocycles. The highest BCUT2D eigenvalue weighted by Gasteiger charge is 2.40. The number of anilines is 3. The highest BCUT2D eigenvalue weighted by atomic mass is 35.5. The van der Waals surface area contributed by atoms with Gasteiger partial charge in [0.25, 0.3) is 10.2 Å². The van der Waals surface area contributed by atoms with E-state index in [-0.39, 0.29) is 37.4 Å². The predicted molar refractivity (Wildman–Crippen MR) is 182 cm³/mol. The first-order chi connectivity index (χ1) is 23.9. The number of carbonyl (C=O) groups is 4. The van der Waals surface area contributed by atoms with E-state index in [0.717, 1.165) is 0 Å². The maximum Gasteiger partial charge on any atom is 0.352 e. The number of aromatic amines is 1. The number of benzene rings is 3. The second-order valence-corrected chi connectivity index (χ2v) is 13.1. The summed E-state index contributed by atoms with van der Waals surface area (Å²) in [5, 5.41) is 24.2. The molecule has 0 radical (unpaired) electrons. The standard InChI is InChI=1S/C31H29ClN10O7S/c1-2-34-50(48,49)37-21-6-3-18(4-7-21)13-27(28(43)35-22-8-9-23-19(14-22)15-24(36-23)31(46)47)41-12-11-40(29(44)30(41)45)26-16-20(32)5-10-25(26)42-17-33-38-39-42/h3-10,14-17,27,34,36-37H,2,11-13H2,1H3,(H,35,43)(H,46,47)/t27-/m0/s1. The van der Waals surface area contributed by atoms with Crippen molar-refractivity contribution >= 4 is 73.5 Å². The Morgan fingerprint density at radius 2 is 1.74 bits per heavy atom. The Bertz CT molecular complexity index is 2210. The first-order valence-corrected chi connectivity index (χ1v) is 17.0. The van der Waals surface area contributed by atoms with E-state index in [9.17, 15) is 32.7 Å². The fraction of sp³-hybridized carbons (Fsp3) is 0.194. The number of amides is 3. The monoisotopic (exact) mass is 720 g/mol. The molecule has 2 aromatic heterocycles. The summed E-state index contributed by atoms with van der Waals surface area (Å²) in [7, 11) is -3.78. The Labute approximate surface area is 289 Å². The van der Waals surface area contributed by atoms with Crippen LogP contribution in [0, 0.1) is 0 Å². The number of carbonyl (C=O) groups excluding carboxylic acids is 3. The van der Waals surface area contributed by atoms with Crippen molar-refractivity contribution in [3.05, 3.63) is 89.3 Å². The van der Waals surface area contributed by atoms with Gasteiger partial charge in [-0.1, -0.05) is 30.7 Å². The molecular weight excluding hydrogens is 692 g/mol. The number of carboxylic acid groups (broad SMARTS) is 1. The maximum absolute atomic E-state index is 14.0. The number of nitrogens with zero attached hydrogens (tertiary/aromatic N) is 6. The molecule has 3 aromatic carbocycles. The fourth-order valence-electron chi connectivity index (χ4n) is 5.56. The third-order valence-corrected chi connectivity index (χ3v) is 9.25. The van der Waals surface area contributed by atoms with Crippen LogP contribution in [-0.4, -0.2) is 93.0 Å². The third-order valence-electron chi connectivity index (χ3n) is 7.84. The third kappa shape index (κ3) is 7.26. The van der Waals surface area contributed by atoms with E-state index < -0.39 is 39.9 Å². The van der Waals surface area contributed by atoms with Gasteiger partial charge in [-0.15, -0.1) is 5.10 Å². The van der Waals surface area contributed by atoms with Crippen molar-refractivity contribution in [3.63, 3.8) is 0 Å². The van der Waals surface area contributed by atoms with Gasteiger partial charge in [-0.05, 0) is 70.6 Å². The van der Waals surface area contributed by atoms with Gasteiger partial charge in [-0.3, -0.25) is 19.1 Å². The summed E-state index contributed by atoms with van der Waals surface area (Å²) in [5.41, 5.74) is 2.39. The molecule has 5 N–H and O–H groups in total. The van der Waals surface area contributed by atoms with Crippen LogP contribution in [-0.2, 0) is 31.0 Å². The highest BCUT2D eigenvalue weighted by molar-refractivity contribution is 7.90. The molecule has 5 aromatic rings. The van der Waals surface area contributed by atoms with Crippen molar-refractivity contribution in [1.82, 2.24) is 34.8 Å². The number of aromatic carboxylic acids is 1. The van der Waals surface area contributed by atoms with Gasteiger partial charge >= 0.3 is 17.8 Å². The summed E-state index contributed by atoms with van der Waals surface area (Å²) in [6, 6.07) is 16.0. The zero-order valence-corrected chi connectivity index (χ0v) is 27.8. The molecule has 0 bridgehead atoms. The number of rotatable bonds is 12. The molecule has 0 saturated carbocycles. The van der Waals surface area contributed by atoms with Crippen LogP contribution in [0.3, 0.4) is 0 Å². The van der Waals surface area contributed by atoms with Crippen molar-refractivity contribution in [2.45, 2.75) is 19.4 Å². The average molecular weight is 721 g/mol. The van der Waals surface area contributed by atoms with Gasteiger partial charge in [0, 0.05) is 53.4 Å². The lowest BCUT2D eigenvalue weighted by Gasteiger charge is -2.38. The zero-order chi connectivity index (χ0) is 35.6. The topological polar surface area (TPSA) is 225 Å². The van der Waals surface area contributed by atoms with E-state index in [0.29, 0.717) is 38.6 Å². The van der Waals surface area contributed by atoms with Crippen LogP contribution in [0.1, 0.15) is 23.0 Å². The molecule has 19 heteroatoms. The Morgan fingerprint density at radius 1 is 0.980 bits per heavy atom. The molecule has 1 aliphatic rings. The normalized spacial score (nSPS) is 14.2. The minimum atomic E-state index is -3.78. The number of halogens is 1. The number of tetrazole rings is 1. The molecule has 1 saturated heterocycles. The molecule has 1 aliphatic heterocycles. The van der Waals surface area contributed by atoms with Crippen LogP contribution in [0.4, 0.5) is 17.1 Å². The molecule has 0 spiro atoms. The van der Waals surface area contributed by atoms with Crippen molar-refractivity contribution < 1.29 is 32.7 Å². The summed E-state index contributed by atoms with van der Waals surface area (Å²) in [6.45, 7) is 1.80. The highest BCUT2D eigenvalue weighted by Crippen LogP contribution is 2.30. The van der Waals surface area contributed by atoms with Crippen molar-refractivity contribution in [1.29, 1.82) is 0 Å². The largest absolute Gasteiger partial charge is 0.477 e. The smallest absolute Gasteiger partial charge is 0.352 e. The summed E-state index contributed by atoms with van der Waals surface area (Å²) >= 11 is 6.27. The van der Waals surface area contributed by atoms with Gasteiger partial charge in [-0.2, -0.15) is 17.8 Å². The Balaban J connectivity index is 1.29. The molecule has 0 aliphatic carbocycles. The Hall–Kier alpha value is -5.85. The molecular formula is C31H29ClN10O7S. The number of aromatic nitrogens is 5. The summed E-state index contributed by atoms with van der Waals surface area (Å²) in [6.07, 6.45) is 1.30.